The highest BCUT2D eigenvalue weighted by Crippen LogP contribution is 2.31. The van der Waals surface area contributed by atoms with Gasteiger partial charge in [-0.3, -0.25) is 4.98 Å². The second-order valence-corrected chi connectivity index (χ2v) is 6.51. The van der Waals surface area contributed by atoms with Gasteiger partial charge in [-0.05, 0) is 43.0 Å². The van der Waals surface area contributed by atoms with Crippen LogP contribution in [0.3, 0.4) is 0 Å². The number of rotatable bonds is 3. The quantitative estimate of drug-likeness (QED) is 0.810. The van der Waals surface area contributed by atoms with Crippen LogP contribution in [0, 0.1) is 12.8 Å². The Labute approximate surface area is 127 Å². The van der Waals surface area contributed by atoms with Gasteiger partial charge in [-0.2, -0.15) is 0 Å². The molecule has 1 saturated carbocycles. The van der Waals surface area contributed by atoms with Gasteiger partial charge in [0, 0.05) is 11.1 Å². The van der Waals surface area contributed by atoms with Crippen LogP contribution in [-0.2, 0) is 0 Å². The Morgan fingerprint density at radius 3 is 2.62 bits per heavy atom. The SMILES string of the molecule is Cc1ccc2cc(C(O)CC3CCCCCC3)ccc2n1. The van der Waals surface area contributed by atoms with E-state index in [0.29, 0.717) is 5.92 Å². The lowest BCUT2D eigenvalue weighted by molar-refractivity contribution is 0.139. The summed E-state index contributed by atoms with van der Waals surface area (Å²) in [4.78, 5) is 4.52. The van der Waals surface area contributed by atoms with Gasteiger partial charge in [-0.1, -0.05) is 50.7 Å². The van der Waals surface area contributed by atoms with Gasteiger partial charge in [0.15, 0.2) is 0 Å². The molecule has 0 saturated heterocycles. The van der Waals surface area contributed by atoms with Crippen molar-refractivity contribution >= 4 is 10.9 Å². The molecular formula is C19H25NO. The zero-order chi connectivity index (χ0) is 14.7. The highest BCUT2D eigenvalue weighted by atomic mass is 16.3. The number of benzene rings is 1. The standard InChI is InChI=1S/C19H25NO/c1-14-8-9-16-13-17(10-11-18(16)20-14)19(21)12-15-6-4-2-3-5-7-15/h8-11,13,15,19,21H,2-7,12H2,1H3. The molecule has 0 aliphatic heterocycles. The normalized spacial score (nSPS) is 18.6. The van der Waals surface area contributed by atoms with E-state index in [1.807, 2.05) is 25.1 Å². The van der Waals surface area contributed by atoms with Crippen molar-refractivity contribution < 1.29 is 5.11 Å². The largest absolute Gasteiger partial charge is 0.388 e. The molecule has 1 atom stereocenters. The van der Waals surface area contributed by atoms with Crippen LogP contribution in [0.15, 0.2) is 30.3 Å². The number of nitrogens with zero attached hydrogens (tertiary/aromatic N) is 1. The number of fused-ring (bicyclic) bond motifs is 1. The highest BCUT2D eigenvalue weighted by molar-refractivity contribution is 5.79. The van der Waals surface area contributed by atoms with E-state index in [0.717, 1.165) is 28.6 Å². The van der Waals surface area contributed by atoms with E-state index in [1.165, 1.54) is 38.5 Å². The van der Waals surface area contributed by atoms with Gasteiger partial charge in [0.2, 0.25) is 0 Å². The third-order valence-corrected chi connectivity index (χ3v) is 4.77. The number of aromatic nitrogens is 1. The Bertz CT molecular complexity index is 600. The van der Waals surface area contributed by atoms with Crippen molar-refractivity contribution in [2.24, 2.45) is 5.92 Å². The van der Waals surface area contributed by atoms with E-state index in [1.54, 1.807) is 0 Å². The molecular weight excluding hydrogens is 258 g/mol. The van der Waals surface area contributed by atoms with Crippen molar-refractivity contribution in [3.05, 3.63) is 41.6 Å². The third kappa shape index (κ3) is 3.62. The molecule has 112 valence electrons. The first-order chi connectivity index (χ1) is 10.2. The molecule has 21 heavy (non-hydrogen) atoms. The zero-order valence-electron chi connectivity index (χ0n) is 12.9. The fourth-order valence-corrected chi connectivity index (χ4v) is 3.50. The van der Waals surface area contributed by atoms with Gasteiger partial charge >= 0.3 is 0 Å². The van der Waals surface area contributed by atoms with Crippen molar-refractivity contribution in [1.29, 1.82) is 0 Å². The molecule has 0 spiro atoms. The maximum absolute atomic E-state index is 10.6. The number of aliphatic hydroxyl groups excluding tert-OH is 1. The summed E-state index contributed by atoms with van der Waals surface area (Å²) in [5.41, 5.74) is 3.09. The van der Waals surface area contributed by atoms with Crippen LogP contribution in [0.1, 0.15) is 62.3 Å². The second kappa shape index (κ2) is 6.57. The van der Waals surface area contributed by atoms with Crippen LogP contribution in [-0.4, -0.2) is 10.1 Å². The predicted octanol–water partition coefficient (Wildman–Crippen LogP) is 4.94. The van der Waals surface area contributed by atoms with Gasteiger partial charge in [-0.15, -0.1) is 0 Å². The first-order valence-electron chi connectivity index (χ1n) is 8.28. The number of pyridine rings is 1. The minimum absolute atomic E-state index is 0.334. The lowest BCUT2D eigenvalue weighted by Gasteiger charge is -2.19. The van der Waals surface area contributed by atoms with Crippen LogP contribution in [0.5, 0.6) is 0 Å². The van der Waals surface area contributed by atoms with Gasteiger partial charge < -0.3 is 5.11 Å². The lowest BCUT2D eigenvalue weighted by Crippen LogP contribution is -2.07. The number of aliphatic hydroxyl groups is 1. The first-order valence-corrected chi connectivity index (χ1v) is 8.28. The van der Waals surface area contributed by atoms with Crippen LogP contribution in [0.4, 0.5) is 0 Å². The number of hydrogen-bond donors (Lipinski definition) is 1. The summed E-state index contributed by atoms with van der Waals surface area (Å²) in [7, 11) is 0. The molecule has 2 heteroatoms. The van der Waals surface area contributed by atoms with Gasteiger partial charge in [0.25, 0.3) is 0 Å². The van der Waals surface area contributed by atoms with Crippen molar-refractivity contribution in [3.63, 3.8) is 0 Å². The van der Waals surface area contributed by atoms with E-state index in [2.05, 4.69) is 17.1 Å². The summed E-state index contributed by atoms with van der Waals surface area (Å²) in [6, 6.07) is 10.3. The fourth-order valence-electron chi connectivity index (χ4n) is 3.50. The Kier molecular flexibility index (Phi) is 4.54. The van der Waals surface area contributed by atoms with Crippen LogP contribution < -0.4 is 0 Å². The molecule has 0 bridgehead atoms. The molecule has 1 heterocycles. The van der Waals surface area contributed by atoms with Crippen LogP contribution in [0.2, 0.25) is 0 Å². The molecule has 1 fully saturated rings. The molecule has 0 amide bonds. The molecule has 1 aromatic heterocycles. The Balaban J connectivity index is 1.74. The predicted molar refractivity (Wildman–Crippen MR) is 87.2 cm³/mol. The average Bonchev–Trinajstić information content (AvgIpc) is 2.75. The Hall–Kier alpha value is -1.41. The van der Waals surface area contributed by atoms with Crippen molar-refractivity contribution in [2.45, 2.75) is 58.0 Å². The van der Waals surface area contributed by atoms with Crippen molar-refractivity contribution in [3.8, 4) is 0 Å². The maximum Gasteiger partial charge on any atom is 0.0792 e. The van der Waals surface area contributed by atoms with E-state index < -0.39 is 0 Å². The Morgan fingerprint density at radius 1 is 1.10 bits per heavy atom. The monoisotopic (exact) mass is 283 g/mol. The summed E-state index contributed by atoms with van der Waals surface area (Å²) in [5, 5.41) is 11.7. The minimum Gasteiger partial charge on any atom is -0.388 e. The number of aryl methyl sites for hydroxylation is 1. The molecule has 1 N–H and O–H groups in total. The summed E-state index contributed by atoms with van der Waals surface area (Å²) >= 11 is 0. The third-order valence-electron chi connectivity index (χ3n) is 4.77. The lowest BCUT2D eigenvalue weighted by atomic mass is 9.90. The molecule has 1 unspecified atom stereocenters. The second-order valence-electron chi connectivity index (χ2n) is 6.51. The minimum atomic E-state index is -0.334. The van der Waals surface area contributed by atoms with Crippen LogP contribution in [0.25, 0.3) is 10.9 Å². The summed E-state index contributed by atoms with van der Waals surface area (Å²) < 4.78 is 0. The van der Waals surface area contributed by atoms with Gasteiger partial charge in [-0.25, -0.2) is 0 Å². The van der Waals surface area contributed by atoms with Crippen molar-refractivity contribution in [1.82, 2.24) is 4.98 Å². The smallest absolute Gasteiger partial charge is 0.0792 e. The van der Waals surface area contributed by atoms with E-state index >= 15 is 0 Å². The maximum atomic E-state index is 10.6. The van der Waals surface area contributed by atoms with Crippen LogP contribution >= 0.6 is 0 Å². The van der Waals surface area contributed by atoms with Crippen molar-refractivity contribution in [2.75, 3.05) is 0 Å². The summed E-state index contributed by atoms with van der Waals surface area (Å²) in [5.74, 6) is 0.689. The molecule has 2 nitrogen and oxygen atoms in total. The van der Waals surface area contributed by atoms with Gasteiger partial charge in [0.05, 0.1) is 11.6 Å². The highest BCUT2D eigenvalue weighted by Gasteiger charge is 2.18. The summed E-state index contributed by atoms with van der Waals surface area (Å²) in [6.07, 6.45) is 8.54. The van der Waals surface area contributed by atoms with E-state index in [-0.39, 0.29) is 6.10 Å². The molecule has 3 rings (SSSR count). The molecule has 1 aliphatic carbocycles. The molecule has 1 aromatic carbocycles. The Morgan fingerprint density at radius 2 is 1.86 bits per heavy atom. The van der Waals surface area contributed by atoms with Gasteiger partial charge in [0.1, 0.15) is 0 Å². The molecule has 1 aliphatic rings. The fraction of sp³-hybridized carbons (Fsp3) is 0.526. The number of hydrogen-bond acceptors (Lipinski definition) is 2. The van der Waals surface area contributed by atoms with E-state index in [4.69, 9.17) is 0 Å². The molecule has 2 aromatic rings. The summed E-state index contributed by atoms with van der Waals surface area (Å²) in [6.45, 7) is 2.01. The first kappa shape index (κ1) is 14.5. The zero-order valence-corrected chi connectivity index (χ0v) is 12.9. The molecule has 0 radical (unpaired) electrons. The topological polar surface area (TPSA) is 33.1 Å². The van der Waals surface area contributed by atoms with E-state index in [9.17, 15) is 5.11 Å². The average molecular weight is 283 g/mol.